The van der Waals surface area contributed by atoms with Gasteiger partial charge in [0.2, 0.25) is 10.0 Å². The van der Waals surface area contributed by atoms with E-state index in [1.807, 2.05) is 0 Å². The van der Waals surface area contributed by atoms with Gasteiger partial charge >= 0.3 is 5.97 Å². The van der Waals surface area contributed by atoms with Gasteiger partial charge in [-0.05, 0) is 26.7 Å². The molecule has 104 valence electrons. The minimum absolute atomic E-state index is 0.0483. The Kier molecular flexibility index (Phi) is 4.86. The first-order valence-electron chi connectivity index (χ1n) is 5.88. The van der Waals surface area contributed by atoms with E-state index in [2.05, 4.69) is 4.74 Å². The second-order valence-corrected chi connectivity index (χ2v) is 6.73. The number of ketones is 1. The summed E-state index contributed by atoms with van der Waals surface area (Å²) < 4.78 is 30.2. The lowest BCUT2D eigenvalue weighted by atomic mass is 10.1. The number of hydrogen-bond acceptors (Lipinski definition) is 5. The van der Waals surface area contributed by atoms with Crippen molar-refractivity contribution in [2.75, 3.05) is 13.7 Å². The molecule has 0 N–H and O–H groups in total. The number of esters is 1. The molecule has 7 heteroatoms. The van der Waals surface area contributed by atoms with Crippen LogP contribution in [0.1, 0.15) is 33.1 Å². The van der Waals surface area contributed by atoms with Gasteiger partial charge in [0.05, 0.1) is 7.11 Å². The van der Waals surface area contributed by atoms with E-state index in [9.17, 15) is 18.0 Å². The Balaban J connectivity index is 2.90. The van der Waals surface area contributed by atoms with Crippen LogP contribution in [0.25, 0.3) is 0 Å². The van der Waals surface area contributed by atoms with Crippen molar-refractivity contribution in [3.63, 3.8) is 0 Å². The Morgan fingerprint density at radius 1 is 1.44 bits per heavy atom. The first kappa shape index (κ1) is 15.1. The van der Waals surface area contributed by atoms with Crippen molar-refractivity contribution in [2.45, 2.75) is 44.4 Å². The number of ether oxygens (including phenoxy) is 1. The molecule has 18 heavy (non-hydrogen) atoms. The van der Waals surface area contributed by atoms with Crippen LogP contribution in [0.3, 0.4) is 0 Å². The molecule has 1 aliphatic heterocycles. The molecule has 1 heterocycles. The zero-order chi connectivity index (χ0) is 13.9. The Morgan fingerprint density at radius 3 is 2.56 bits per heavy atom. The fourth-order valence-electron chi connectivity index (χ4n) is 2.17. The van der Waals surface area contributed by atoms with E-state index in [0.29, 0.717) is 19.4 Å². The molecule has 0 aromatic carbocycles. The van der Waals surface area contributed by atoms with Gasteiger partial charge in [-0.15, -0.1) is 0 Å². The summed E-state index contributed by atoms with van der Waals surface area (Å²) in [6, 6.07) is -0.320. The average Bonchev–Trinajstić information content (AvgIpc) is 2.74. The minimum Gasteiger partial charge on any atom is -0.468 e. The van der Waals surface area contributed by atoms with E-state index < -0.39 is 21.2 Å². The van der Waals surface area contributed by atoms with Gasteiger partial charge in [0, 0.05) is 19.0 Å². The normalized spacial score (nSPS) is 22.7. The van der Waals surface area contributed by atoms with Crippen LogP contribution in [0, 0.1) is 0 Å². The van der Waals surface area contributed by atoms with Crippen LogP contribution in [0.2, 0.25) is 0 Å². The minimum atomic E-state index is -3.74. The molecule has 1 saturated heterocycles. The first-order valence-corrected chi connectivity index (χ1v) is 7.39. The van der Waals surface area contributed by atoms with Gasteiger partial charge in [-0.25, -0.2) is 8.42 Å². The third-order valence-corrected chi connectivity index (χ3v) is 5.37. The van der Waals surface area contributed by atoms with Crippen molar-refractivity contribution in [2.24, 2.45) is 0 Å². The molecule has 1 aliphatic rings. The molecule has 0 aromatic rings. The lowest BCUT2D eigenvalue weighted by Crippen LogP contribution is -2.44. The Bertz CT molecular complexity index is 431. The predicted molar refractivity (Wildman–Crippen MR) is 65.4 cm³/mol. The molecule has 6 nitrogen and oxygen atoms in total. The summed E-state index contributed by atoms with van der Waals surface area (Å²) in [5, 5.41) is -1.23. The number of hydrogen-bond donors (Lipinski definition) is 0. The van der Waals surface area contributed by atoms with Crippen LogP contribution in [-0.4, -0.2) is 49.4 Å². The summed E-state index contributed by atoms with van der Waals surface area (Å²) in [6.45, 7) is 3.11. The highest BCUT2D eigenvalue weighted by atomic mass is 32.2. The molecule has 0 spiro atoms. The molecule has 2 atom stereocenters. The Hall–Kier alpha value is -0.950. The quantitative estimate of drug-likeness (QED) is 0.676. The summed E-state index contributed by atoms with van der Waals surface area (Å²) >= 11 is 0. The van der Waals surface area contributed by atoms with Crippen molar-refractivity contribution in [1.82, 2.24) is 4.31 Å². The fraction of sp³-hybridized carbons (Fsp3) is 0.818. The van der Waals surface area contributed by atoms with Crippen molar-refractivity contribution < 1.29 is 22.7 Å². The summed E-state index contributed by atoms with van der Waals surface area (Å²) in [7, 11) is -2.58. The fourth-order valence-corrected chi connectivity index (χ4v) is 3.90. The molecule has 1 rings (SSSR count). The predicted octanol–water partition coefficient (Wildman–Crippen LogP) is 0.321. The monoisotopic (exact) mass is 277 g/mol. The van der Waals surface area contributed by atoms with Crippen molar-refractivity contribution in [1.29, 1.82) is 0 Å². The van der Waals surface area contributed by atoms with E-state index in [-0.39, 0.29) is 18.2 Å². The van der Waals surface area contributed by atoms with Crippen LogP contribution in [0.4, 0.5) is 0 Å². The largest absolute Gasteiger partial charge is 0.468 e. The summed E-state index contributed by atoms with van der Waals surface area (Å²) in [4.78, 5) is 22.5. The molecule has 0 aromatic heterocycles. The highest BCUT2D eigenvalue weighted by molar-refractivity contribution is 7.90. The zero-order valence-corrected chi connectivity index (χ0v) is 11.7. The maximum absolute atomic E-state index is 12.2. The molecule has 2 unspecified atom stereocenters. The van der Waals surface area contributed by atoms with Crippen LogP contribution < -0.4 is 0 Å². The van der Waals surface area contributed by atoms with E-state index in [1.54, 1.807) is 0 Å². The zero-order valence-electron chi connectivity index (χ0n) is 10.9. The van der Waals surface area contributed by atoms with E-state index >= 15 is 0 Å². The van der Waals surface area contributed by atoms with E-state index in [1.165, 1.54) is 18.2 Å². The molecule has 0 saturated carbocycles. The number of carbonyl (C=O) groups excluding carboxylic acids is 2. The maximum Gasteiger partial charge on any atom is 0.325 e. The van der Waals surface area contributed by atoms with E-state index in [4.69, 9.17) is 0 Å². The number of methoxy groups -OCH3 is 1. The number of Topliss-reactive ketones (excluding diaryl/α,β-unsaturated/α-hetero) is 1. The van der Waals surface area contributed by atoms with Gasteiger partial charge in [-0.3, -0.25) is 9.59 Å². The van der Waals surface area contributed by atoms with E-state index in [0.717, 1.165) is 7.11 Å². The molecule has 1 fully saturated rings. The maximum atomic E-state index is 12.2. The lowest BCUT2D eigenvalue weighted by molar-refractivity contribution is -0.139. The third-order valence-electron chi connectivity index (χ3n) is 3.15. The van der Waals surface area contributed by atoms with Crippen LogP contribution in [0.5, 0.6) is 0 Å². The lowest BCUT2D eigenvalue weighted by Gasteiger charge is -2.25. The van der Waals surface area contributed by atoms with Gasteiger partial charge in [-0.1, -0.05) is 0 Å². The Morgan fingerprint density at radius 2 is 2.06 bits per heavy atom. The summed E-state index contributed by atoms with van der Waals surface area (Å²) in [6.07, 6.45) is 1.57. The highest BCUT2D eigenvalue weighted by Crippen LogP contribution is 2.26. The van der Waals surface area contributed by atoms with Crippen molar-refractivity contribution in [3.8, 4) is 0 Å². The number of carbonyl (C=O) groups is 2. The number of sulfonamides is 1. The second-order valence-electron chi connectivity index (χ2n) is 4.52. The Labute approximate surface area is 107 Å². The molecular formula is C11H19NO5S. The summed E-state index contributed by atoms with van der Waals surface area (Å²) in [5.41, 5.74) is 0. The standard InChI is InChI=1S/C11H19NO5S/c1-8(13)7-10-5-4-6-12(10)18(15,16)9(2)11(14)17-3/h9-10H,4-7H2,1-3H3. The molecule has 0 bridgehead atoms. The average molecular weight is 277 g/mol. The molecule has 0 aliphatic carbocycles. The van der Waals surface area contributed by atoms with Crippen LogP contribution >= 0.6 is 0 Å². The van der Waals surface area contributed by atoms with Crippen LogP contribution in [0.15, 0.2) is 0 Å². The summed E-state index contributed by atoms with van der Waals surface area (Å²) in [5.74, 6) is -0.823. The van der Waals surface area contributed by atoms with Crippen LogP contribution in [-0.2, 0) is 24.3 Å². The first-order chi connectivity index (χ1) is 8.30. The van der Waals surface area contributed by atoms with Gasteiger partial charge < -0.3 is 4.74 Å². The van der Waals surface area contributed by atoms with Gasteiger partial charge in [0.1, 0.15) is 5.78 Å². The van der Waals surface area contributed by atoms with Gasteiger partial charge in [-0.2, -0.15) is 4.31 Å². The number of nitrogens with zero attached hydrogens (tertiary/aromatic N) is 1. The molecule has 0 amide bonds. The topological polar surface area (TPSA) is 80.8 Å². The van der Waals surface area contributed by atoms with Crippen molar-refractivity contribution >= 4 is 21.8 Å². The second kappa shape index (κ2) is 5.79. The highest BCUT2D eigenvalue weighted by Gasteiger charge is 2.41. The smallest absolute Gasteiger partial charge is 0.325 e. The molecule has 0 radical (unpaired) electrons. The van der Waals surface area contributed by atoms with Crippen molar-refractivity contribution in [3.05, 3.63) is 0 Å². The van der Waals surface area contributed by atoms with Gasteiger partial charge in [0.15, 0.2) is 5.25 Å². The SMILES string of the molecule is COC(=O)C(C)S(=O)(=O)N1CCCC1CC(C)=O. The third kappa shape index (κ3) is 3.08. The number of rotatable bonds is 5. The molecular weight excluding hydrogens is 258 g/mol. The van der Waals surface area contributed by atoms with Gasteiger partial charge in [0.25, 0.3) is 0 Å².